The van der Waals surface area contributed by atoms with Crippen LogP contribution >= 0.6 is 0 Å². The van der Waals surface area contributed by atoms with Crippen LogP contribution in [-0.4, -0.2) is 26.7 Å². The molecule has 0 radical (unpaired) electrons. The second-order valence-electron chi connectivity index (χ2n) is 5.62. The molecule has 0 bridgehead atoms. The summed E-state index contributed by atoms with van der Waals surface area (Å²) >= 11 is 0. The maximum atomic E-state index is 12.7. The Bertz CT molecular complexity index is 817. The minimum Gasteiger partial charge on any atom is -0.365 e. The zero-order chi connectivity index (χ0) is 17.3. The SMILES string of the molecule is CC1=NN(C(=O)c2ccccc2)[C@@](O)(c2ccc([N+](=O)[O-])cc2)C1. The molecule has 24 heavy (non-hydrogen) atoms. The van der Waals surface area contributed by atoms with Crippen molar-refractivity contribution in [3.63, 3.8) is 0 Å². The summed E-state index contributed by atoms with van der Waals surface area (Å²) in [6.07, 6.45) is 0.142. The van der Waals surface area contributed by atoms with E-state index < -0.39 is 16.6 Å². The molecule has 2 aromatic rings. The van der Waals surface area contributed by atoms with Crippen LogP contribution in [0.5, 0.6) is 0 Å². The fourth-order valence-electron chi connectivity index (χ4n) is 2.71. The highest BCUT2D eigenvalue weighted by atomic mass is 16.6. The summed E-state index contributed by atoms with van der Waals surface area (Å²) in [7, 11) is 0. The van der Waals surface area contributed by atoms with Gasteiger partial charge in [-0.25, -0.2) is 0 Å². The van der Waals surface area contributed by atoms with Crippen LogP contribution in [-0.2, 0) is 5.72 Å². The van der Waals surface area contributed by atoms with Gasteiger partial charge in [0.05, 0.1) is 4.92 Å². The van der Waals surface area contributed by atoms with Gasteiger partial charge in [-0.3, -0.25) is 14.9 Å². The number of nitrogens with zero attached hydrogens (tertiary/aromatic N) is 3. The second kappa shape index (κ2) is 5.86. The number of hydrazone groups is 1. The molecule has 1 N–H and O–H groups in total. The molecule has 3 rings (SSSR count). The number of rotatable bonds is 3. The third-order valence-corrected chi connectivity index (χ3v) is 3.88. The van der Waals surface area contributed by atoms with Gasteiger partial charge in [-0.15, -0.1) is 0 Å². The van der Waals surface area contributed by atoms with Gasteiger partial charge >= 0.3 is 0 Å². The third-order valence-electron chi connectivity index (χ3n) is 3.88. The molecule has 7 nitrogen and oxygen atoms in total. The summed E-state index contributed by atoms with van der Waals surface area (Å²) in [4.78, 5) is 23.0. The van der Waals surface area contributed by atoms with Gasteiger partial charge in [0.25, 0.3) is 11.6 Å². The lowest BCUT2D eigenvalue weighted by molar-refractivity contribution is -0.384. The normalized spacial score (nSPS) is 19.9. The van der Waals surface area contributed by atoms with Crippen molar-refractivity contribution in [2.45, 2.75) is 19.1 Å². The second-order valence-corrected chi connectivity index (χ2v) is 5.62. The Morgan fingerprint density at radius 2 is 1.83 bits per heavy atom. The smallest absolute Gasteiger partial charge is 0.276 e. The molecule has 1 amide bonds. The van der Waals surface area contributed by atoms with Crippen molar-refractivity contribution < 1.29 is 14.8 Å². The fourth-order valence-corrected chi connectivity index (χ4v) is 2.71. The summed E-state index contributed by atoms with van der Waals surface area (Å²) in [5.74, 6) is -0.437. The molecule has 0 fully saturated rings. The third kappa shape index (κ3) is 2.65. The highest BCUT2D eigenvalue weighted by Crippen LogP contribution is 2.36. The Balaban J connectivity index is 1.98. The molecule has 0 unspecified atom stereocenters. The molecular formula is C17H15N3O4. The largest absolute Gasteiger partial charge is 0.365 e. The van der Waals surface area contributed by atoms with Crippen LogP contribution in [0.25, 0.3) is 0 Å². The first kappa shape index (κ1) is 15.8. The number of carbonyl (C=O) groups is 1. The number of non-ortho nitro benzene ring substituents is 1. The van der Waals surface area contributed by atoms with Crippen LogP contribution in [0.3, 0.4) is 0 Å². The van der Waals surface area contributed by atoms with Gasteiger partial charge in [0, 0.05) is 35.4 Å². The molecule has 122 valence electrons. The van der Waals surface area contributed by atoms with Crippen molar-refractivity contribution >= 4 is 17.3 Å². The van der Waals surface area contributed by atoms with Gasteiger partial charge in [-0.1, -0.05) is 18.2 Å². The van der Waals surface area contributed by atoms with E-state index in [1.807, 2.05) is 0 Å². The van der Waals surface area contributed by atoms with Gasteiger partial charge in [0.15, 0.2) is 5.72 Å². The topological polar surface area (TPSA) is 96.0 Å². The van der Waals surface area contributed by atoms with Crippen molar-refractivity contribution in [3.8, 4) is 0 Å². The molecule has 0 spiro atoms. The number of nitro groups is 1. The maximum absolute atomic E-state index is 12.7. The summed E-state index contributed by atoms with van der Waals surface area (Å²) in [5.41, 5.74) is -0.375. The van der Waals surface area contributed by atoms with Crippen molar-refractivity contribution in [2.24, 2.45) is 5.10 Å². The Morgan fingerprint density at radius 1 is 1.21 bits per heavy atom. The zero-order valence-electron chi connectivity index (χ0n) is 12.9. The first-order valence-electron chi connectivity index (χ1n) is 7.33. The molecule has 0 aromatic heterocycles. The minimum absolute atomic E-state index is 0.0843. The predicted molar refractivity (Wildman–Crippen MR) is 87.3 cm³/mol. The summed E-state index contributed by atoms with van der Waals surface area (Å²) in [6, 6.07) is 14.0. The Morgan fingerprint density at radius 3 is 2.42 bits per heavy atom. The molecular weight excluding hydrogens is 310 g/mol. The molecule has 1 aliphatic heterocycles. The number of hydrogen-bond acceptors (Lipinski definition) is 5. The first-order chi connectivity index (χ1) is 11.4. The van der Waals surface area contributed by atoms with Crippen LogP contribution in [0.1, 0.15) is 29.3 Å². The Kier molecular flexibility index (Phi) is 3.86. The van der Waals surface area contributed by atoms with Crippen LogP contribution in [0.4, 0.5) is 5.69 Å². The molecule has 7 heteroatoms. The lowest BCUT2D eigenvalue weighted by Gasteiger charge is -2.31. The van der Waals surface area contributed by atoms with Crippen molar-refractivity contribution in [3.05, 3.63) is 75.8 Å². The van der Waals surface area contributed by atoms with Crippen LogP contribution in [0.2, 0.25) is 0 Å². The van der Waals surface area contributed by atoms with Gasteiger partial charge in [-0.2, -0.15) is 10.1 Å². The Labute approximate surface area is 138 Å². The van der Waals surface area contributed by atoms with Gasteiger partial charge in [0.2, 0.25) is 0 Å². The minimum atomic E-state index is -1.66. The van der Waals surface area contributed by atoms with E-state index in [0.29, 0.717) is 16.8 Å². The van der Waals surface area contributed by atoms with Gasteiger partial charge in [0.1, 0.15) is 0 Å². The van der Waals surface area contributed by atoms with Crippen molar-refractivity contribution in [2.75, 3.05) is 0 Å². The van der Waals surface area contributed by atoms with E-state index in [9.17, 15) is 20.0 Å². The maximum Gasteiger partial charge on any atom is 0.276 e. The summed E-state index contributed by atoms with van der Waals surface area (Å²) < 4.78 is 0. The Hall–Kier alpha value is -3.06. The van der Waals surface area contributed by atoms with E-state index in [0.717, 1.165) is 5.01 Å². The predicted octanol–water partition coefficient (Wildman–Crippen LogP) is 2.66. The summed E-state index contributed by atoms with van der Waals surface area (Å²) in [5, 5.41) is 27.1. The van der Waals surface area contributed by atoms with E-state index in [1.165, 1.54) is 24.3 Å². The van der Waals surface area contributed by atoms with Crippen molar-refractivity contribution in [1.82, 2.24) is 5.01 Å². The number of benzene rings is 2. The lowest BCUT2D eigenvalue weighted by Crippen LogP contribution is -2.43. The zero-order valence-corrected chi connectivity index (χ0v) is 12.9. The summed E-state index contributed by atoms with van der Waals surface area (Å²) in [6.45, 7) is 1.72. The molecule has 1 heterocycles. The van der Waals surface area contributed by atoms with Crippen LogP contribution in [0, 0.1) is 10.1 Å². The average molecular weight is 325 g/mol. The highest BCUT2D eigenvalue weighted by Gasteiger charge is 2.45. The van der Waals surface area contributed by atoms with Crippen molar-refractivity contribution in [1.29, 1.82) is 0 Å². The fraction of sp³-hybridized carbons (Fsp3) is 0.176. The number of carbonyl (C=O) groups excluding carboxylic acids is 1. The van der Waals surface area contributed by atoms with Gasteiger partial charge < -0.3 is 5.11 Å². The van der Waals surface area contributed by atoms with E-state index in [4.69, 9.17) is 0 Å². The number of hydrogen-bond donors (Lipinski definition) is 1. The molecule has 1 atom stereocenters. The molecule has 0 aliphatic carbocycles. The molecule has 0 saturated carbocycles. The van der Waals surface area contributed by atoms with E-state index in [-0.39, 0.29) is 12.1 Å². The molecule has 1 aliphatic rings. The first-order valence-corrected chi connectivity index (χ1v) is 7.33. The standard InChI is InChI=1S/C17H15N3O4/c1-12-11-17(22,14-7-9-15(10-8-14)20(23)24)19(18-12)16(21)13-5-3-2-4-6-13/h2-10,22H,11H2,1H3/t17-/m0/s1. The quantitative estimate of drug-likeness (QED) is 0.693. The number of aliphatic hydroxyl groups is 1. The number of nitro benzene ring substituents is 1. The molecule has 2 aromatic carbocycles. The van der Waals surface area contributed by atoms with Crippen LogP contribution in [0.15, 0.2) is 59.7 Å². The average Bonchev–Trinajstić information content (AvgIpc) is 2.91. The van der Waals surface area contributed by atoms with Crippen LogP contribution < -0.4 is 0 Å². The van der Waals surface area contributed by atoms with E-state index in [2.05, 4.69) is 5.10 Å². The molecule has 0 saturated heterocycles. The lowest BCUT2D eigenvalue weighted by atomic mass is 9.97. The van der Waals surface area contributed by atoms with E-state index >= 15 is 0 Å². The number of amides is 1. The van der Waals surface area contributed by atoms with E-state index in [1.54, 1.807) is 37.3 Å². The monoisotopic (exact) mass is 325 g/mol. The van der Waals surface area contributed by atoms with Gasteiger partial charge in [-0.05, 0) is 31.2 Å². The highest BCUT2D eigenvalue weighted by molar-refractivity contribution is 5.97.